The van der Waals surface area contributed by atoms with Gasteiger partial charge in [-0.05, 0) is 24.3 Å². The van der Waals surface area contributed by atoms with Crippen LogP contribution in [-0.2, 0) is 14.6 Å². The Morgan fingerprint density at radius 3 is 2.37 bits per heavy atom. The zero-order valence-electron chi connectivity index (χ0n) is 10.1. The molecule has 8 heteroatoms. The van der Waals surface area contributed by atoms with Crippen LogP contribution < -0.4 is 5.32 Å². The lowest BCUT2D eigenvalue weighted by atomic mass is 10.3. The van der Waals surface area contributed by atoms with E-state index in [1.165, 1.54) is 24.3 Å². The van der Waals surface area contributed by atoms with Gasteiger partial charge in [0.25, 0.3) is 0 Å². The Bertz CT molecular complexity index is 623. The summed E-state index contributed by atoms with van der Waals surface area (Å²) in [5, 5.41) is 13.0. The molecule has 2 unspecified atom stereocenters. The third-order valence-electron chi connectivity index (χ3n) is 2.91. The average molecular weight is 284 g/mol. The van der Waals surface area contributed by atoms with Gasteiger partial charge in [0.2, 0.25) is 11.9 Å². The van der Waals surface area contributed by atoms with E-state index in [0.29, 0.717) is 5.69 Å². The van der Waals surface area contributed by atoms with Gasteiger partial charge in [-0.3, -0.25) is 14.9 Å². The molecule has 1 aromatic carbocycles. The van der Waals surface area contributed by atoms with E-state index in [4.69, 9.17) is 0 Å². The third-order valence-corrected chi connectivity index (χ3v) is 4.04. The fourth-order valence-corrected chi connectivity index (χ4v) is 2.35. The van der Waals surface area contributed by atoms with Gasteiger partial charge in [0.05, 0.1) is 4.90 Å². The van der Waals surface area contributed by atoms with E-state index in [1.54, 1.807) is 0 Å². The van der Waals surface area contributed by atoms with Gasteiger partial charge in [0.1, 0.15) is 5.92 Å². The fourth-order valence-electron chi connectivity index (χ4n) is 1.72. The van der Waals surface area contributed by atoms with E-state index < -0.39 is 32.6 Å². The van der Waals surface area contributed by atoms with Gasteiger partial charge in [-0.15, -0.1) is 0 Å². The number of amides is 1. The molecule has 0 aromatic heterocycles. The Kier molecular flexibility index (Phi) is 3.27. The summed E-state index contributed by atoms with van der Waals surface area (Å²) in [4.78, 5) is 21.8. The number of rotatable bonds is 4. The van der Waals surface area contributed by atoms with Gasteiger partial charge in [-0.2, -0.15) is 0 Å². The standard InChI is InChI=1S/C11H12N2O5S/c1-19(17,18)8-4-2-7(3-5-8)12-11(14)9-6-10(9)13(15)16/h2-5,9-10H,6H2,1H3,(H,12,14). The van der Waals surface area contributed by atoms with Crippen molar-refractivity contribution in [3.05, 3.63) is 34.4 Å². The zero-order valence-corrected chi connectivity index (χ0v) is 10.9. The molecule has 2 atom stereocenters. The first kappa shape index (κ1) is 13.5. The zero-order chi connectivity index (χ0) is 14.2. The number of anilines is 1. The van der Waals surface area contributed by atoms with Crippen LogP contribution in [0.15, 0.2) is 29.2 Å². The summed E-state index contributed by atoms with van der Waals surface area (Å²) in [6.45, 7) is 0. The number of carbonyl (C=O) groups is 1. The largest absolute Gasteiger partial charge is 0.326 e. The van der Waals surface area contributed by atoms with Crippen LogP contribution in [0.5, 0.6) is 0 Å². The van der Waals surface area contributed by atoms with Crippen molar-refractivity contribution in [1.82, 2.24) is 0 Å². The molecule has 0 radical (unpaired) electrons. The highest BCUT2D eigenvalue weighted by atomic mass is 32.2. The predicted octanol–water partition coefficient (Wildman–Crippen LogP) is 0.694. The molecule has 1 aliphatic carbocycles. The number of benzene rings is 1. The minimum atomic E-state index is -3.27. The van der Waals surface area contributed by atoms with Crippen LogP contribution in [0, 0.1) is 16.0 Å². The highest BCUT2D eigenvalue weighted by Gasteiger charge is 2.53. The van der Waals surface area contributed by atoms with Crippen LogP contribution >= 0.6 is 0 Å². The Morgan fingerprint density at radius 1 is 1.37 bits per heavy atom. The molecule has 1 saturated carbocycles. The van der Waals surface area contributed by atoms with E-state index in [2.05, 4.69) is 5.32 Å². The van der Waals surface area contributed by atoms with Crippen molar-refractivity contribution >= 4 is 21.4 Å². The Morgan fingerprint density at radius 2 is 1.95 bits per heavy atom. The summed E-state index contributed by atoms with van der Waals surface area (Å²) in [5.41, 5.74) is 0.423. The van der Waals surface area contributed by atoms with E-state index in [0.717, 1.165) is 6.26 Å². The first-order valence-electron chi connectivity index (χ1n) is 5.53. The van der Waals surface area contributed by atoms with Crippen molar-refractivity contribution in [2.75, 3.05) is 11.6 Å². The number of sulfone groups is 1. The highest BCUT2D eigenvalue weighted by molar-refractivity contribution is 7.90. The van der Waals surface area contributed by atoms with E-state index >= 15 is 0 Å². The number of nitrogens with one attached hydrogen (secondary N) is 1. The summed E-state index contributed by atoms with van der Waals surface area (Å²) < 4.78 is 22.5. The van der Waals surface area contributed by atoms with E-state index in [1.807, 2.05) is 0 Å². The molecular weight excluding hydrogens is 272 g/mol. The first-order chi connectivity index (χ1) is 8.79. The normalized spacial score (nSPS) is 21.7. The molecule has 1 aromatic rings. The van der Waals surface area contributed by atoms with Gasteiger partial charge in [-0.1, -0.05) is 0 Å². The lowest BCUT2D eigenvalue weighted by molar-refractivity contribution is -0.497. The Balaban J connectivity index is 2.01. The quantitative estimate of drug-likeness (QED) is 0.646. The van der Waals surface area contributed by atoms with Gasteiger partial charge >= 0.3 is 0 Å². The maximum absolute atomic E-state index is 11.6. The molecule has 0 bridgehead atoms. The lowest BCUT2D eigenvalue weighted by Crippen LogP contribution is -2.18. The molecule has 102 valence electrons. The van der Waals surface area contributed by atoms with Crippen LogP contribution in [0.25, 0.3) is 0 Å². The van der Waals surface area contributed by atoms with Crippen molar-refractivity contribution in [3.63, 3.8) is 0 Å². The smallest absolute Gasteiger partial charge is 0.234 e. The third kappa shape index (κ3) is 3.08. The molecule has 0 aliphatic heterocycles. The number of hydrogen-bond acceptors (Lipinski definition) is 5. The van der Waals surface area contributed by atoms with Crippen LogP contribution in [-0.4, -0.2) is 31.5 Å². The highest BCUT2D eigenvalue weighted by Crippen LogP contribution is 2.34. The minimum Gasteiger partial charge on any atom is -0.326 e. The first-order valence-corrected chi connectivity index (χ1v) is 7.42. The molecule has 0 heterocycles. The van der Waals surface area contributed by atoms with Crippen LogP contribution in [0.4, 0.5) is 5.69 Å². The molecular formula is C11H12N2O5S. The molecule has 1 fully saturated rings. The number of nitrogens with zero attached hydrogens (tertiary/aromatic N) is 1. The van der Waals surface area contributed by atoms with Crippen molar-refractivity contribution < 1.29 is 18.1 Å². The predicted molar refractivity (Wildman–Crippen MR) is 67.1 cm³/mol. The van der Waals surface area contributed by atoms with Crippen molar-refractivity contribution in [2.45, 2.75) is 17.4 Å². The summed E-state index contributed by atoms with van der Waals surface area (Å²) >= 11 is 0. The summed E-state index contributed by atoms with van der Waals surface area (Å²) in [6, 6.07) is 4.87. The van der Waals surface area contributed by atoms with Gasteiger partial charge < -0.3 is 5.32 Å². The Hall–Kier alpha value is -1.96. The molecule has 1 amide bonds. The number of carbonyl (C=O) groups excluding carboxylic acids is 1. The SMILES string of the molecule is CS(=O)(=O)c1ccc(NC(=O)C2CC2[N+](=O)[O-])cc1. The van der Waals surface area contributed by atoms with Crippen molar-refractivity contribution in [3.8, 4) is 0 Å². The maximum Gasteiger partial charge on any atom is 0.234 e. The van der Waals surface area contributed by atoms with Crippen LogP contribution in [0.2, 0.25) is 0 Å². The van der Waals surface area contributed by atoms with Crippen molar-refractivity contribution in [1.29, 1.82) is 0 Å². The maximum atomic E-state index is 11.6. The minimum absolute atomic E-state index is 0.153. The molecule has 2 rings (SSSR count). The molecule has 7 nitrogen and oxygen atoms in total. The Labute approximate surface area is 109 Å². The van der Waals surface area contributed by atoms with Gasteiger partial charge in [-0.25, -0.2) is 8.42 Å². The second kappa shape index (κ2) is 4.61. The molecule has 19 heavy (non-hydrogen) atoms. The second-order valence-corrected chi connectivity index (χ2v) is 6.50. The summed E-state index contributed by atoms with van der Waals surface area (Å²) in [6.07, 6.45) is 1.34. The fraction of sp³-hybridized carbons (Fsp3) is 0.364. The van der Waals surface area contributed by atoms with E-state index in [9.17, 15) is 23.3 Å². The molecule has 0 spiro atoms. The molecule has 0 saturated heterocycles. The molecule has 1 aliphatic rings. The number of nitro groups is 1. The topological polar surface area (TPSA) is 106 Å². The van der Waals surface area contributed by atoms with Crippen LogP contribution in [0.3, 0.4) is 0 Å². The van der Waals surface area contributed by atoms with Gasteiger partial charge in [0.15, 0.2) is 9.84 Å². The number of hydrogen-bond donors (Lipinski definition) is 1. The van der Waals surface area contributed by atoms with E-state index in [-0.39, 0.29) is 11.3 Å². The summed E-state index contributed by atoms with van der Waals surface area (Å²) in [7, 11) is -3.27. The average Bonchev–Trinajstić information content (AvgIpc) is 3.08. The van der Waals surface area contributed by atoms with Crippen LogP contribution in [0.1, 0.15) is 6.42 Å². The molecule has 1 N–H and O–H groups in total. The second-order valence-electron chi connectivity index (χ2n) is 4.48. The van der Waals surface area contributed by atoms with Crippen molar-refractivity contribution in [2.24, 2.45) is 5.92 Å². The summed E-state index contributed by atoms with van der Waals surface area (Å²) in [5.74, 6) is -1.00. The monoisotopic (exact) mass is 284 g/mol. The lowest BCUT2D eigenvalue weighted by Gasteiger charge is -2.04. The van der Waals surface area contributed by atoms with Gasteiger partial charge in [0, 0.05) is 23.3 Å².